The number of nitriles is 1. The van der Waals surface area contributed by atoms with E-state index in [4.69, 9.17) is 10.00 Å². The molecule has 0 saturated carbocycles. The van der Waals surface area contributed by atoms with Gasteiger partial charge in [0.2, 0.25) is 5.91 Å². The van der Waals surface area contributed by atoms with Gasteiger partial charge in [0.1, 0.15) is 5.75 Å². The van der Waals surface area contributed by atoms with Gasteiger partial charge in [-0.05, 0) is 17.7 Å². The maximum Gasteiger partial charge on any atom is 0.221 e. The monoisotopic (exact) mass is 218 g/mol. The minimum Gasteiger partial charge on any atom is -0.497 e. The molecule has 0 saturated heterocycles. The van der Waals surface area contributed by atoms with Gasteiger partial charge < -0.3 is 10.1 Å². The molecule has 16 heavy (non-hydrogen) atoms. The summed E-state index contributed by atoms with van der Waals surface area (Å²) in [7, 11) is 1.61. The number of nitrogens with one attached hydrogen (secondary N) is 1. The lowest BCUT2D eigenvalue weighted by Gasteiger charge is -2.05. The second-order valence-corrected chi connectivity index (χ2v) is 3.28. The summed E-state index contributed by atoms with van der Waals surface area (Å²) < 4.78 is 5.02. The van der Waals surface area contributed by atoms with Gasteiger partial charge in [0, 0.05) is 19.4 Å². The Morgan fingerprint density at radius 2 is 2.12 bits per heavy atom. The summed E-state index contributed by atoms with van der Waals surface area (Å²) in [5, 5.41) is 11.1. The molecular weight excluding hydrogens is 204 g/mol. The van der Waals surface area contributed by atoms with Crippen molar-refractivity contribution in [3.05, 3.63) is 29.8 Å². The van der Waals surface area contributed by atoms with E-state index >= 15 is 0 Å². The number of ether oxygens (including phenoxy) is 1. The molecule has 0 heterocycles. The largest absolute Gasteiger partial charge is 0.497 e. The Kier molecular flexibility index (Phi) is 4.87. The molecule has 4 nitrogen and oxygen atoms in total. The minimum atomic E-state index is -0.0997. The van der Waals surface area contributed by atoms with Gasteiger partial charge in [-0.25, -0.2) is 0 Å². The predicted octanol–water partition coefficient (Wildman–Crippen LogP) is 1.62. The standard InChI is InChI=1S/C12H14N2O2/c1-16-11-6-4-10(5-7-11)9-14-12(15)3-2-8-13/h4-7H,2-3,9H2,1H3,(H,14,15). The first kappa shape index (κ1) is 12.1. The molecule has 1 rings (SSSR count). The van der Waals surface area contributed by atoms with Crippen molar-refractivity contribution in [2.24, 2.45) is 0 Å². The van der Waals surface area contributed by atoms with Gasteiger partial charge in [-0.2, -0.15) is 5.26 Å². The van der Waals surface area contributed by atoms with E-state index in [1.165, 1.54) is 0 Å². The van der Waals surface area contributed by atoms with Crippen LogP contribution in [0.2, 0.25) is 0 Å². The Balaban J connectivity index is 2.37. The van der Waals surface area contributed by atoms with Crippen LogP contribution in [-0.2, 0) is 11.3 Å². The Bertz CT molecular complexity index is 379. The normalized spacial score (nSPS) is 9.25. The van der Waals surface area contributed by atoms with Crippen LogP contribution >= 0.6 is 0 Å². The number of hydrogen-bond donors (Lipinski definition) is 1. The van der Waals surface area contributed by atoms with Crippen molar-refractivity contribution in [3.63, 3.8) is 0 Å². The molecule has 1 aromatic carbocycles. The van der Waals surface area contributed by atoms with Crippen molar-refractivity contribution in [1.29, 1.82) is 5.26 Å². The summed E-state index contributed by atoms with van der Waals surface area (Å²) >= 11 is 0. The zero-order valence-corrected chi connectivity index (χ0v) is 9.19. The van der Waals surface area contributed by atoms with Crippen LogP contribution in [0.1, 0.15) is 18.4 Å². The van der Waals surface area contributed by atoms with Crippen LogP contribution in [0.4, 0.5) is 0 Å². The predicted molar refractivity (Wildman–Crippen MR) is 59.7 cm³/mol. The molecule has 0 fully saturated rings. The van der Waals surface area contributed by atoms with E-state index in [0.717, 1.165) is 11.3 Å². The lowest BCUT2D eigenvalue weighted by atomic mass is 10.2. The molecular formula is C12H14N2O2. The van der Waals surface area contributed by atoms with E-state index in [-0.39, 0.29) is 18.7 Å². The number of rotatable bonds is 5. The summed E-state index contributed by atoms with van der Waals surface area (Å²) in [6.07, 6.45) is 0.515. The maximum atomic E-state index is 11.2. The molecule has 0 aliphatic heterocycles. The molecule has 1 aromatic rings. The Hall–Kier alpha value is -2.02. The van der Waals surface area contributed by atoms with Crippen LogP contribution < -0.4 is 10.1 Å². The highest BCUT2D eigenvalue weighted by atomic mass is 16.5. The van der Waals surface area contributed by atoms with Crippen molar-refractivity contribution in [2.45, 2.75) is 19.4 Å². The molecule has 0 aliphatic carbocycles. The molecule has 84 valence electrons. The van der Waals surface area contributed by atoms with Crippen LogP contribution in [0.3, 0.4) is 0 Å². The third kappa shape index (κ3) is 4.01. The quantitative estimate of drug-likeness (QED) is 0.816. The van der Waals surface area contributed by atoms with Crippen molar-refractivity contribution in [2.75, 3.05) is 7.11 Å². The highest BCUT2D eigenvalue weighted by Gasteiger charge is 2.00. The maximum absolute atomic E-state index is 11.2. The first-order valence-electron chi connectivity index (χ1n) is 5.03. The van der Waals surface area contributed by atoms with Gasteiger partial charge >= 0.3 is 0 Å². The van der Waals surface area contributed by atoms with Crippen molar-refractivity contribution in [3.8, 4) is 11.8 Å². The van der Waals surface area contributed by atoms with E-state index in [1.807, 2.05) is 30.3 Å². The first-order chi connectivity index (χ1) is 7.76. The summed E-state index contributed by atoms with van der Waals surface area (Å²) in [6.45, 7) is 0.480. The SMILES string of the molecule is COc1ccc(CNC(=O)CCC#N)cc1. The third-order valence-corrected chi connectivity index (χ3v) is 2.11. The summed E-state index contributed by atoms with van der Waals surface area (Å²) in [4.78, 5) is 11.2. The van der Waals surface area contributed by atoms with E-state index in [1.54, 1.807) is 7.11 Å². The number of hydrogen-bond acceptors (Lipinski definition) is 3. The van der Waals surface area contributed by atoms with E-state index in [2.05, 4.69) is 5.32 Å². The summed E-state index contributed by atoms with van der Waals surface area (Å²) in [5.41, 5.74) is 1.01. The molecule has 0 bridgehead atoms. The summed E-state index contributed by atoms with van der Waals surface area (Å²) in [6, 6.07) is 9.41. The zero-order chi connectivity index (χ0) is 11.8. The van der Waals surface area contributed by atoms with Crippen molar-refractivity contribution in [1.82, 2.24) is 5.32 Å². The number of carbonyl (C=O) groups is 1. The summed E-state index contributed by atoms with van der Waals surface area (Å²) in [5.74, 6) is 0.692. The molecule has 0 radical (unpaired) electrons. The second-order valence-electron chi connectivity index (χ2n) is 3.28. The fourth-order valence-electron chi connectivity index (χ4n) is 1.20. The molecule has 1 amide bonds. The molecule has 0 unspecified atom stereocenters. The molecule has 0 atom stereocenters. The molecule has 0 aromatic heterocycles. The van der Waals surface area contributed by atoms with Gasteiger partial charge in [-0.1, -0.05) is 12.1 Å². The van der Waals surface area contributed by atoms with Crippen LogP contribution in [0.5, 0.6) is 5.75 Å². The Morgan fingerprint density at radius 3 is 2.69 bits per heavy atom. The fourth-order valence-corrected chi connectivity index (χ4v) is 1.20. The number of nitrogens with zero attached hydrogens (tertiary/aromatic N) is 1. The molecule has 0 aliphatic rings. The zero-order valence-electron chi connectivity index (χ0n) is 9.19. The molecule has 0 spiro atoms. The van der Waals surface area contributed by atoms with E-state index in [9.17, 15) is 4.79 Å². The first-order valence-corrected chi connectivity index (χ1v) is 5.03. The highest BCUT2D eigenvalue weighted by Crippen LogP contribution is 2.10. The third-order valence-electron chi connectivity index (χ3n) is 2.11. The van der Waals surface area contributed by atoms with Gasteiger partial charge in [0.05, 0.1) is 13.2 Å². The van der Waals surface area contributed by atoms with Crippen LogP contribution in [-0.4, -0.2) is 13.0 Å². The average Bonchev–Trinajstić information content (AvgIpc) is 2.34. The smallest absolute Gasteiger partial charge is 0.221 e. The second kappa shape index (κ2) is 6.46. The van der Waals surface area contributed by atoms with Crippen LogP contribution in [0.25, 0.3) is 0 Å². The van der Waals surface area contributed by atoms with Crippen LogP contribution in [0.15, 0.2) is 24.3 Å². The van der Waals surface area contributed by atoms with Gasteiger partial charge in [-0.15, -0.1) is 0 Å². The van der Waals surface area contributed by atoms with Crippen molar-refractivity contribution < 1.29 is 9.53 Å². The lowest BCUT2D eigenvalue weighted by Crippen LogP contribution is -2.22. The lowest BCUT2D eigenvalue weighted by molar-refractivity contribution is -0.121. The van der Waals surface area contributed by atoms with Crippen LogP contribution in [0, 0.1) is 11.3 Å². The average molecular weight is 218 g/mol. The number of carbonyl (C=O) groups excluding carboxylic acids is 1. The van der Waals surface area contributed by atoms with E-state index < -0.39 is 0 Å². The Morgan fingerprint density at radius 1 is 1.44 bits per heavy atom. The molecule has 4 heteroatoms. The van der Waals surface area contributed by atoms with Gasteiger partial charge in [-0.3, -0.25) is 4.79 Å². The van der Waals surface area contributed by atoms with Crippen molar-refractivity contribution >= 4 is 5.91 Å². The fraction of sp³-hybridized carbons (Fsp3) is 0.333. The molecule has 1 N–H and O–H groups in total. The minimum absolute atomic E-state index is 0.0997. The topological polar surface area (TPSA) is 62.1 Å². The number of benzene rings is 1. The number of methoxy groups -OCH3 is 1. The van der Waals surface area contributed by atoms with Gasteiger partial charge in [0.15, 0.2) is 0 Å². The van der Waals surface area contributed by atoms with Gasteiger partial charge in [0.25, 0.3) is 0 Å². The highest BCUT2D eigenvalue weighted by molar-refractivity contribution is 5.76. The number of amides is 1. The van der Waals surface area contributed by atoms with E-state index in [0.29, 0.717) is 6.54 Å². The Labute approximate surface area is 94.8 Å².